The first-order valence-corrected chi connectivity index (χ1v) is 8.68. The number of carbonyl (C=O) groups is 2. The molecule has 0 spiro atoms. The second-order valence-corrected chi connectivity index (χ2v) is 7.07. The van der Waals surface area contributed by atoms with Gasteiger partial charge in [-0.15, -0.1) is 11.3 Å². The van der Waals surface area contributed by atoms with Gasteiger partial charge in [-0.2, -0.15) is 0 Å². The Balaban J connectivity index is 1.79. The molecule has 1 fully saturated rings. The molecule has 1 aromatic carbocycles. The number of hydrogen-bond acceptors (Lipinski definition) is 4. The molecule has 2 aromatic rings. The maximum atomic E-state index is 12.8. The number of carbonyl (C=O) groups excluding carboxylic acids is 1. The van der Waals surface area contributed by atoms with E-state index in [-0.39, 0.29) is 31.8 Å². The summed E-state index contributed by atoms with van der Waals surface area (Å²) in [6.07, 6.45) is 0.110. The molecule has 0 saturated carbocycles. The van der Waals surface area contributed by atoms with Crippen LogP contribution in [0, 0.1) is 6.92 Å². The monoisotopic (exact) mass is 345 g/mol. The molecule has 126 valence electrons. The lowest BCUT2D eigenvalue weighted by molar-refractivity contribution is -0.162. The minimum absolute atomic E-state index is 0.0549. The Bertz CT molecular complexity index is 758. The molecule has 1 saturated heterocycles. The van der Waals surface area contributed by atoms with Crippen LogP contribution in [0.1, 0.15) is 28.1 Å². The standard InChI is InChI=1S/C18H19NO4S/c1-12-2-4-13(5-3-12)14-6-11-24-15(14)16(20)19-9-7-18(23,8-10-19)17(21)22/h2-6,11,23H,7-10H2,1H3,(H,21,22). The van der Waals surface area contributed by atoms with Crippen LogP contribution < -0.4 is 0 Å². The number of aliphatic carboxylic acids is 1. The van der Waals surface area contributed by atoms with Crippen molar-refractivity contribution in [1.29, 1.82) is 0 Å². The number of thiophene rings is 1. The number of amides is 1. The van der Waals surface area contributed by atoms with Gasteiger partial charge in [0.1, 0.15) is 0 Å². The maximum absolute atomic E-state index is 12.8. The fourth-order valence-electron chi connectivity index (χ4n) is 2.87. The number of hydrogen-bond donors (Lipinski definition) is 2. The lowest BCUT2D eigenvalue weighted by atomic mass is 9.91. The van der Waals surface area contributed by atoms with Crippen LogP contribution in [0.15, 0.2) is 35.7 Å². The van der Waals surface area contributed by atoms with E-state index < -0.39 is 11.6 Å². The molecule has 5 nitrogen and oxygen atoms in total. The summed E-state index contributed by atoms with van der Waals surface area (Å²) in [5.41, 5.74) is 1.32. The number of carboxylic acids is 1. The van der Waals surface area contributed by atoms with Crippen LogP contribution in [0.5, 0.6) is 0 Å². The molecule has 3 rings (SSSR count). The molecule has 0 radical (unpaired) electrons. The molecule has 2 N–H and O–H groups in total. The number of nitrogens with zero attached hydrogens (tertiary/aromatic N) is 1. The van der Waals surface area contributed by atoms with Gasteiger partial charge in [-0.1, -0.05) is 29.8 Å². The van der Waals surface area contributed by atoms with Crippen LogP contribution in [-0.4, -0.2) is 45.7 Å². The second-order valence-electron chi connectivity index (χ2n) is 6.16. The van der Waals surface area contributed by atoms with Gasteiger partial charge >= 0.3 is 5.97 Å². The first kappa shape index (κ1) is 16.7. The molecule has 1 amide bonds. The van der Waals surface area contributed by atoms with Gasteiger partial charge < -0.3 is 15.1 Å². The SMILES string of the molecule is Cc1ccc(-c2ccsc2C(=O)N2CCC(O)(C(=O)O)CC2)cc1. The maximum Gasteiger partial charge on any atom is 0.335 e. The van der Waals surface area contributed by atoms with E-state index in [2.05, 4.69) is 0 Å². The highest BCUT2D eigenvalue weighted by Gasteiger charge is 2.40. The zero-order valence-electron chi connectivity index (χ0n) is 13.4. The van der Waals surface area contributed by atoms with E-state index in [1.165, 1.54) is 11.3 Å². The first-order valence-electron chi connectivity index (χ1n) is 7.80. The first-order chi connectivity index (χ1) is 11.4. The Morgan fingerprint density at radius 2 is 1.75 bits per heavy atom. The third-order valence-corrected chi connectivity index (χ3v) is 5.40. The van der Waals surface area contributed by atoms with Gasteiger partial charge in [0.2, 0.25) is 0 Å². The minimum atomic E-state index is -1.72. The summed E-state index contributed by atoms with van der Waals surface area (Å²) in [5, 5.41) is 21.0. The topological polar surface area (TPSA) is 77.8 Å². The Hall–Kier alpha value is -2.18. The van der Waals surface area contributed by atoms with Crippen molar-refractivity contribution in [3.8, 4) is 11.1 Å². The van der Waals surface area contributed by atoms with Gasteiger partial charge in [0.05, 0.1) is 4.88 Å². The minimum Gasteiger partial charge on any atom is -0.479 e. The van der Waals surface area contributed by atoms with Crippen LogP contribution in [0.2, 0.25) is 0 Å². The molecular weight excluding hydrogens is 326 g/mol. The van der Waals surface area contributed by atoms with Crippen molar-refractivity contribution >= 4 is 23.2 Å². The molecule has 0 bridgehead atoms. The van der Waals surface area contributed by atoms with Gasteiger partial charge in [-0.25, -0.2) is 4.79 Å². The molecule has 0 aliphatic carbocycles. The van der Waals surface area contributed by atoms with E-state index >= 15 is 0 Å². The van der Waals surface area contributed by atoms with Crippen molar-refractivity contribution in [3.05, 3.63) is 46.2 Å². The Morgan fingerprint density at radius 1 is 1.12 bits per heavy atom. The normalized spacial score (nSPS) is 16.8. The number of aliphatic hydroxyl groups is 1. The van der Waals surface area contributed by atoms with Crippen LogP contribution >= 0.6 is 11.3 Å². The quantitative estimate of drug-likeness (QED) is 0.897. The van der Waals surface area contributed by atoms with E-state index in [9.17, 15) is 14.7 Å². The van der Waals surface area contributed by atoms with Gasteiger partial charge in [0.15, 0.2) is 5.60 Å². The van der Waals surface area contributed by atoms with E-state index in [4.69, 9.17) is 5.11 Å². The molecule has 1 aromatic heterocycles. The summed E-state index contributed by atoms with van der Waals surface area (Å²) < 4.78 is 0. The Kier molecular flexibility index (Phi) is 4.43. The average Bonchev–Trinajstić information content (AvgIpc) is 3.05. The highest BCUT2D eigenvalue weighted by atomic mass is 32.1. The molecule has 6 heteroatoms. The fraction of sp³-hybridized carbons (Fsp3) is 0.333. The van der Waals surface area contributed by atoms with Crippen molar-refractivity contribution in [3.63, 3.8) is 0 Å². The zero-order valence-corrected chi connectivity index (χ0v) is 14.2. The largest absolute Gasteiger partial charge is 0.479 e. The average molecular weight is 345 g/mol. The highest BCUT2D eigenvalue weighted by molar-refractivity contribution is 7.12. The summed E-state index contributed by atoms with van der Waals surface area (Å²) in [5.74, 6) is -1.32. The van der Waals surface area contributed by atoms with Crippen LogP contribution in [0.3, 0.4) is 0 Å². The zero-order chi connectivity index (χ0) is 17.3. The number of likely N-dealkylation sites (tertiary alicyclic amines) is 1. The second kappa shape index (κ2) is 6.37. The summed E-state index contributed by atoms with van der Waals surface area (Å²) in [4.78, 5) is 26.2. The third kappa shape index (κ3) is 3.07. The molecule has 0 atom stereocenters. The third-order valence-electron chi connectivity index (χ3n) is 4.50. The van der Waals surface area contributed by atoms with Gasteiger partial charge in [-0.05, 0) is 23.9 Å². The lowest BCUT2D eigenvalue weighted by Crippen LogP contribution is -2.50. The van der Waals surface area contributed by atoms with Crippen LogP contribution in [-0.2, 0) is 4.79 Å². The summed E-state index contributed by atoms with van der Waals surface area (Å²) in [6, 6.07) is 9.94. The van der Waals surface area contributed by atoms with Crippen LogP contribution in [0.25, 0.3) is 11.1 Å². The smallest absolute Gasteiger partial charge is 0.335 e. The number of rotatable bonds is 3. The predicted molar refractivity (Wildman–Crippen MR) is 92.2 cm³/mol. The van der Waals surface area contributed by atoms with Crippen LogP contribution in [0.4, 0.5) is 0 Å². The van der Waals surface area contributed by atoms with E-state index in [0.29, 0.717) is 4.88 Å². The van der Waals surface area contributed by atoms with E-state index in [0.717, 1.165) is 16.7 Å². The molecule has 24 heavy (non-hydrogen) atoms. The number of aryl methyl sites for hydroxylation is 1. The number of carboxylic acid groups (broad SMARTS) is 1. The van der Waals surface area contributed by atoms with Gasteiger partial charge in [-0.3, -0.25) is 4.79 Å². The summed E-state index contributed by atoms with van der Waals surface area (Å²) in [7, 11) is 0. The van der Waals surface area contributed by atoms with Gasteiger partial charge in [0.25, 0.3) is 5.91 Å². The van der Waals surface area contributed by atoms with Crippen molar-refractivity contribution in [1.82, 2.24) is 4.90 Å². The molecule has 1 aliphatic heterocycles. The fourth-order valence-corrected chi connectivity index (χ4v) is 3.76. The number of benzene rings is 1. The summed E-state index contributed by atoms with van der Waals surface area (Å²) in [6.45, 7) is 2.50. The van der Waals surface area contributed by atoms with E-state index in [1.807, 2.05) is 42.6 Å². The van der Waals surface area contributed by atoms with Crippen molar-refractivity contribution in [2.24, 2.45) is 0 Å². The lowest BCUT2D eigenvalue weighted by Gasteiger charge is -2.35. The van der Waals surface area contributed by atoms with E-state index in [1.54, 1.807) is 4.90 Å². The summed E-state index contributed by atoms with van der Waals surface area (Å²) >= 11 is 1.39. The van der Waals surface area contributed by atoms with Crippen molar-refractivity contribution < 1.29 is 19.8 Å². The molecule has 2 heterocycles. The Morgan fingerprint density at radius 3 is 2.33 bits per heavy atom. The van der Waals surface area contributed by atoms with Crippen molar-refractivity contribution in [2.75, 3.05) is 13.1 Å². The Labute approximate surface area is 144 Å². The highest BCUT2D eigenvalue weighted by Crippen LogP contribution is 2.31. The number of piperidine rings is 1. The van der Waals surface area contributed by atoms with Gasteiger partial charge in [0, 0.05) is 31.5 Å². The molecule has 1 aliphatic rings. The molecule has 0 unspecified atom stereocenters. The predicted octanol–water partition coefficient (Wildman–Crippen LogP) is 2.78. The van der Waals surface area contributed by atoms with Crippen molar-refractivity contribution in [2.45, 2.75) is 25.4 Å². The molecular formula is C18H19NO4S.